The van der Waals surface area contributed by atoms with E-state index in [1.807, 2.05) is 31.2 Å². The summed E-state index contributed by atoms with van der Waals surface area (Å²) in [6.07, 6.45) is 0.569. The number of amides is 3. The van der Waals surface area contributed by atoms with Crippen LogP contribution >= 0.6 is 0 Å². The molecule has 0 radical (unpaired) electrons. The van der Waals surface area contributed by atoms with Gasteiger partial charge in [-0.1, -0.05) is 24.3 Å². The molecule has 1 aromatic heterocycles. The smallest absolute Gasteiger partial charge is 0.261 e. The van der Waals surface area contributed by atoms with E-state index in [4.69, 9.17) is 0 Å². The number of H-pyrrole nitrogens is 1. The molecular formula is C20H18N4O3. The first kappa shape index (κ1) is 17.0. The molecular weight excluding hydrogens is 344 g/mol. The zero-order valence-corrected chi connectivity index (χ0v) is 14.8. The number of hydrogen-bond acceptors (Lipinski definition) is 4. The third-order valence-electron chi connectivity index (χ3n) is 4.61. The van der Waals surface area contributed by atoms with E-state index in [-0.39, 0.29) is 30.7 Å². The van der Waals surface area contributed by atoms with E-state index >= 15 is 0 Å². The molecule has 7 nitrogen and oxygen atoms in total. The first-order valence-corrected chi connectivity index (χ1v) is 8.74. The molecule has 0 spiro atoms. The predicted molar refractivity (Wildman–Crippen MR) is 101 cm³/mol. The van der Waals surface area contributed by atoms with Crippen LogP contribution in [-0.4, -0.2) is 39.4 Å². The van der Waals surface area contributed by atoms with Gasteiger partial charge < -0.3 is 5.32 Å². The van der Waals surface area contributed by atoms with Crippen molar-refractivity contribution >= 4 is 34.3 Å². The summed E-state index contributed by atoms with van der Waals surface area (Å²) >= 11 is 0. The van der Waals surface area contributed by atoms with Crippen LogP contribution < -0.4 is 5.32 Å². The van der Waals surface area contributed by atoms with E-state index in [0.29, 0.717) is 28.8 Å². The van der Waals surface area contributed by atoms with Crippen LogP contribution in [0.1, 0.15) is 39.3 Å². The molecule has 0 bridgehead atoms. The molecule has 0 saturated heterocycles. The molecule has 136 valence electrons. The van der Waals surface area contributed by atoms with E-state index in [1.165, 1.54) is 4.90 Å². The molecule has 1 aliphatic rings. The number of nitrogens with zero attached hydrogens (tertiary/aromatic N) is 2. The minimum atomic E-state index is -0.312. The van der Waals surface area contributed by atoms with Crippen LogP contribution in [0.3, 0.4) is 0 Å². The number of anilines is 1. The summed E-state index contributed by atoms with van der Waals surface area (Å²) < 4.78 is 0. The van der Waals surface area contributed by atoms with Gasteiger partial charge in [0, 0.05) is 41.2 Å². The minimum absolute atomic E-state index is 0.189. The minimum Gasteiger partial charge on any atom is -0.309 e. The van der Waals surface area contributed by atoms with Gasteiger partial charge in [-0.2, -0.15) is 5.10 Å². The van der Waals surface area contributed by atoms with Gasteiger partial charge in [0.2, 0.25) is 5.91 Å². The lowest BCUT2D eigenvalue weighted by molar-refractivity contribution is -0.116. The molecule has 7 heteroatoms. The Hall–Kier alpha value is -3.48. The number of aromatic nitrogens is 2. The van der Waals surface area contributed by atoms with Gasteiger partial charge in [-0.3, -0.25) is 24.4 Å². The molecule has 2 N–H and O–H groups in total. The molecule has 0 saturated carbocycles. The van der Waals surface area contributed by atoms with Crippen LogP contribution in [0.4, 0.5) is 5.82 Å². The maximum atomic E-state index is 12.8. The highest BCUT2D eigenvalue weighted by Gasteiger charge is 2.32. The normalized spacial score (nSPS) is 13.3. The van der Waals surface area contributed by atoms with Crippen molar-refractivity contribution in [3.63, 3.8) is 0 Å². The molecule has 0 fully saturated rings. The lowest BCUT2D eigenvalue weighted by atomic mass is 9.94. The fraction of sp³-hybridized carbons (Fsp3) is 0.200. The van der Waals surface area contributed by atoms with E-state index in [2.05, 4.69) is 15.5 Å². The number of nitrogens with one attached hydrogen (secondary N) is 2. The fourth-order valence-electron chi connectivity index (χ4n) is 3.37. The molecule has 2 aromatic carbocycles. The van der Waals surface area contributed by atoms with Crippen LogP contribution in [0, 0.1) is 6.92 Å². The van der Waals surface area contributed by atoms with Crippen LogP contribution in [0.15, 0.2) is 42.5 Å². The highest BCUT2D eigenvalue weighted by Crippen LogP contribution is 2.30. The second-order valence-corrected chi connectivity index (χ2v) is 6.56. The van der Waals surface area contributed by atoms with Crippen molar-refractivity contribution in [3.8, 4) is 0 Å². The van der Waals surface area contributed by atoms with Crippen molar-refractivity contribution < 1.29 is 14.4 Å². The van der Waals surface area contributed by atoms with E-state index < -0.39 is 0 Å². The highest BCUT2D eigenvalue weighted by atomic mass is 16.2. The summed E-state index contributed by atoms with van der Waals surface area (Å²) in [6.45, 7) is 2.03. The zero-order chi connectivity index (χ0) is 19.0. The summed E-state index contributed by atoms with van der Waals surface area (Å²) in [6, 6.07) is 12.6. The second-order valence-electron chi connectivity index (χ2n) is 6.56. The van der Waals surface area contributed by atoms with Gasteiger partial charge in [-0.25, -0.2) is 0 Å². The Morgan fingerprint density at radius 3 is 2.37 bits per heavy atom. The summed E-state index contributed by atoms with van der Waals surface area (Å²) in [4.78, 5) is 38.8. The third kappa shape index (κ3) is 3.08. The van der Waals surface area contributed by atoms with Gasteiger partial charge in [-0.15, -0.1) is 0 Å². The number of carbonyl (C=O) groups is 3. The zero-order valence-electron chi connectivity index (χ0n) is 14.8. The number of hydrogen-bond donors (Lipinski definition) is 2. The highest BCUT2D eigenvalue weighted by molar-refractivity contribution is 6.25. The van der Waals surface area contributed by atoms with Crippen LogP contribution in [0.5, 0.6) is 0 Å². The van der Waals surface area contributed by atoms with Crippen molar-refractivity contribution in [1.82, 2.24) is 15.1 Å². The summed E-state index contributed by atoms with van der Waals surface area (Å²) in [7, 11) is 0. The molecule has 0 aliphatic carbocycles. The largest absolute Gasteiger partial charge is 0.309 e. The molecule has 3 amide bonds. The van der Waals surface area contributed by atoms with Gasteiger partial charge >= 0.3 is 0 Å². The van der Waals surface area contributed by atoms with Crippen LogP contribution in [-0.2, 0) is 4.79 Å². The van der Waals surface area contributed by atoms with Crippen molar-refractivity contribution in [2.45, 2.75) is 19.8 Å². The van der Waals surface area contributed by atoms with Gasteiger partial charge in [0.15, 0.2) is 5.82 Å². The van der Waals surface area contributed by atoms with Crippen molar-refractivity contribution in [3.05, 3.63) is 59.3 Å². The fourth-order valence-corrected chi connectivity index (χ4v) is 3.37. The Morgan fingerprint density at radius 2 is 1.78 bits per heavy atom. The lowest BCUT2D eigenvalue weighted by Crippen LogP contribution is -2.41. The van der Waals surface area contributed by atoms with Crippen LogP contribution in [0.25, 0.3) is 10.8 Å². The molecule has 0 unspecified atom stereocenters. The molecule has 27 heavy (non-hydrogen) atoms. The van der Waals surface area contributed by atoms with Gasteiger partial charge in [0.1, 0.15) is 0 Å². The Balaban J connectivity index is 1.45. The van der Waals surface area contributed by atoms with Gasteiger partial charge in [0.25, 0.3) is 11.8 Å². The number of aryl methyl sites for hydroxylation is 1. The first-order chi connectivity index (χ1) is 13.0. The van der Waals surface area contributed by atoms with E-state index in [0.717, 1.165) is 11.1 Å². The van der Waals surface area contributed by atoms with Gasteiger partial charge in [-0.05, 0) is 30.9 Å². The Morgan fingerprint density at radius 1 is 1.11 bits per heavy atom. The van der Waals surface area contributed by atoms with E-state index in [1.54, 1.807) is 18.2 Å². The second kappa shape index (κ2) is 6.68. The number of imide groups is 1. The Labute approximate surface area is 155 Å². The average Bonchev–Trinajstić information content (AvgIpc) is 3.07. The topological polar surface area (TPSA) is 95.2 Å². The summed E-state index contributed by atoms with van der Waals surface area (Å²) in [5.74, 6) is -0.371. The lowest BCUT2D eigenvalue weighted by Gasteiger charge is -2.27. The SMILES string of the molecule is Cc1cc(NC(=O)CCCN2C(=O)c3cccc4cccc(c34)C2=O)n[nH]1. The van der Waals surface area contributed by atoms with Crippen molar-refractivity contribution in [1.29, 1.82) is 0 Å². The number of rotatable bonds is 5. The molecule has 0 atom stereocenters. The summed E-state index contributed by atoms with van der Waals surface area (Å²) in [5, 5.41) is 11.0. The standard InChI is InChI=1S/C20H18N4O3/c1-12-11-16(23-22-12)21-17(25)9-4-10-24-19(26)14-7-2-5-13-6-3-8-15(18(13)14)20(24)27/h2-3,5-8,11H,4,9-10H2,1H3,(H2,21,22,23,25). The number of carbonyl (C=O) groups excluding carboxylic acids is 3. The Bertz CT molecular complexity index is 1020. The van der Waals surface area contributed by atoms with Crippen molar-refractivity contribution in [2.24, 2.45) is 0 Å². The van der Waals surface area contributed by atoms with Crippen LogP contribution in [0.2, 0.25) is 0 Å². The molecule has 1 aliphatic heterocycles. The van der Waals surface area contributed by atoms with E-state index in [9.17, 15) is 14.4 Å². The average molecular weight is 362 g/mol. The number of benzene rings is 2. The molecule has 3 aromatic rings. The predicted octanol–water partition coefficient (Wildman–Crippen LogP) is 2.89. The first-order valence-electron chi connectivity index (χ1n) is 8.74. The van der Waals surface area contributed by atoms with Gasteiger partial charge in [0.05, 0.1) is 0 Å². The third-order valence-corrected chi connectivity index (χ3v) is 4.61. The number of aromatic amines is 1. The summed E-state index contributed by atoms with van der Waals surface area (Å²) in [5.41, 5.74) is 1.90. The molecule has 4 rings (SSSR count). The maximum absolute atomic E-state index is 12.8. The Kier molecular flexibility index (Phi) is 4.19. The van der Waals surface area contributed by atoms with Crippen molar-refractivity contribution in [2.75, 3.05) is 11.9 Å². The molecule has 2 heterocycles. The maximum Gasteiger partial charge on any atom is 0.261 e. The monoisotopic (exact) mass is 362 g/mol. The quantitative estimate of drug-likeness (QED) is 0.682.